The van der Waals surface area contributed by atoms with Crippen LogP contribution in [0.5, 0.6) is 0 Å². The van der Waals surface area contributed by atoms with Gasteiger partial charge in [-0.15, -0.1) is 0 Å². The number of hydrogen-bond donors (Lipinski definition) is 1. The maximum atomic E-state index is 12.3. The van der Waals surface area contributed by atoms with Gasteiger partial charge in [0.1, 0.15) is 5.69 Å². The highest BCUT2D eigenvalue weighted by Crippen LogP contribution is 2.19. The van der Waals surface area contributed by atoms with Crippen molar-refractivity contribution in [3.8, 4) is 0 Å². The average molecular weight is 298 g/mol. The zero-order valence-electron chi connectivity index (χ0n) is 13.1. The van der Waals surface area contributed by atoms with E-state index in [1.54, 1.807) is 24.0 Å². The second-order valence-corrected chi connectivity index (χ2v) is 6.08. The fourth-order valence-corrected chi connectivity index (χ4v) is 3.06. The van der Waals surface area contributed by atoms with Crippen LogP contribution in [0.4, 0.5) is 0 Å². The first-order valence-electron chi connectivity index (χ1n) is 7.68. The summed E-state index contributed by atoms with van der Waals surface area (Å²) in [5, 5.41) is 7.19. The first kappa shape index (κ1) is 14.8. The number of carbonyl (C=O) groups is 1. The van der Waals surface area contributed by atoms with Crippen LogP contribution in [0, 0.1) is 5.92 Å². The highest BCUT2D eigenvalue weighted by atomic mass is 16.2. The van der Waals surface area contributed by atoms with Gasteiger partial charge in [-0.25, -0.2) is 0 Å². The second kappa shape index (κ2) is 6.32. The van der Waals surface area contributed by atoms with Gasteiger partial charge in [0.05, 0.1) is 0 Å². The summed E-state index contributed by atoms with van der Waals surface area (Å²) in [4.78, 5) is 14.7. The molecule has 1 aliphatic rings. The Bertz CT molecular complexity index is 637. The third-order valence-corrected chi connectivity index (χ3v) is 4.31. The van der Waals surface area contributed by atoms with Crippen LogP contribution in [-0.2, 0) is 13.6 Å². The predicted octanol–water partition coefficient (Wildman–Crippen LogP) is 1.67. The molecule has 0 spiro atoms. The van der Waals surface area contributed by atoms with Crippen molar-refractivity contribution in [3.63, 3.8) is 0 Å². The zero-order chi connectivity index (χ0) is 15.5. The fraction of sp³-hybridized carbons (Fsp3) is 0.412. The number of likely N-dealkylation sites (tertiary alicyclic amines) is 1. The molecule has 1 aliphatic heterocycles. The summed E-state index contributed by atoms with van der Waals surface area (Å²) < 4.78 is 1.61. The molecule has 2 atom stereocenters. The Morgan fingerprint density at radius 2 is 2.05 bits per heavy atom. The molecule has 3 rings (SSSR count). The largest absolute Gasteiger partial charge is 0.346 e. The molecule has 0 saturated carbocycles. The maximum absolute atomic E-state index is 12.3. The number of aromatic nitrogens is 2. The van der Waals surface area contributed by atoms with Crippen LogP contribution in [0.2, 0.25) is 0 Å². The molecule has 0 radical (unpaired) electrons. The molecule has 1 amide bonds. The summed E-state index contributed by atoms with van der Waals surface area (Å²) in [5.41, 5.74) is 1.92. The lowest BCUT2D eigenvalue weighted by atomic mass is 10.1. The molecule has 0 aliphatic carbocycles. The molecule has 1 fully saturated rings. The van der Waals surface area contributed by atoms with Crippen LogP contribution in [0.15, 0.2) is 42.6 Å². The number of aryl methyl sites for hydroxylation is 1. The standard InChI is InChI=1S/C17H22N4O/c1-13-10-21(11-14-6-4-3-5-7-14)12-15(13)19-17(22)16-8-9-18-20(16)2/h3-9,13,15H,10-12H2,1-2H3,(H,19,22). The summed E-state index contributed by atoms with van der Waals surface area (Å²) in [6.45, 7) is 5.02. The maximum Gasteiger partial charge on any atom is 0.269 e. The number of nitrogens with one attached hydrogen (secondary N) is 1. The van der Waals surface area contributed by atoms with E-state index < -0.39 is 0 Å². The lowest BCUT2D eigenvalue weighted by Gasteiger charge is -2.17. The van der Waals surface area contributed by atoms with Crippen LogP contribution < -0.4 is 5.32 Å². The van der Waals surface area contributed by atoms with Crippen molar-refractivity contribution in [2.75, 3.05) is 13.1 Å². The summed E-state index contributed by atoms with van der Waals surface area (Å²) in [5.74, 6) is 0.402. The van der Waals surface area contributed by atoms with Gasteiger partial charge < -0.3 is 5.32 Å². The molecule has 2 unspecified atom stereocenters. The Hall–Kier alpha value is -2.14. The minimum atomic E-state index is -0.0431. The Morgan fingerprint density at radius 1 is 1.27 bits per heavy atom. The van der Waals surface area contributed by atoms with Gasteiger partial charge in [0.2, 0.25) is 0 Å². The average Bonchev–Trinajstić information content (AvgIpc) is 3.06. The van der Waals surface area contributed by atoms with Crippen LogP contribution in [0.25, 0.3) is 0 Å². The van der Waals surface area contributed by atoms with E-state index in [1.165, 1.54) is 5.56 Å². The van der Waals surface area contributed by atoms with Gasteiger partial charge in [0.25, 0.3) is 5.91 Å². The SMILES string of the molecule is CC1CN(Cc2ccccc2)CC1NC(=O)c1ccnn1C. The summed E-state index contributed by atoms with van der Waals surface area (Å²) in [6, 6.07) is 12.4. The summed E-state index contributed by atoms with van der Waals surface area (Å²) >= 11 is 0. The van der Waals surface area contributed by atoms with E-state index in [0.29, 0.717) is 11.6 Å². The molecule has 116 valence electrons. The van der Waals surface area contributed by atoms with Crippen molar-refractivity contribution in [1.82, 2.24) is 20.0 Å². The van der Waals surface area contributed by atoms with E-state index in [4.69, 9.17) is 0 Å². The van der Waals surface area contributed by atoms with Gasteiger partial charge in [-0.2, -0.15) is 5.10 Å². The molecule has 5 heteroatoms. The van der Waals surface area contributed by atoms with Crippen LogP contribution in [0.1, 0.15) is 23.0 Å². The van der Waals surface area contributed by atoms with Gasteiger partial charge in [-0.05, 0) is 17.5 Å². The van der Waals surface area contributed by atoms with E-state index in [1.807, 2.05) is 6.07 Å². The van der Waals surface area contributed by atoms with Gasteiger partial charge in [-0.1, -0.05) is 37.3 Å². The van der Waals surface area contributed by atoms with E-state index in [2.05, 4.69) is 46.5 Å². The molecule has 1 aromatic carbocycles. The molecule has 1 aromatic heterocycles. The summed E-state index contributed by atoms with van der Waals surface area (Å²) in [7, 11) is 1.79. The first-order chi connectivity index (χ1) is 10.6. The first-order valence-corrected chi connectivity index (χ1v) is 7.68. The van der Waals surface area contributed by atoms with Gasteiger partial charge in [0.15, 0.2) is 0 Å². The number of hydrogen-bond acceptors (Lipinski definition) is 3. The van der Waals surface area contributed by atoms with Crippen molar-refractivity contribution < 1.29 is 4.79 Å². The number of carbonyl (C=O) groups excluding carboxylic acids is 1. The Morgan fingerprint density at radius 3 is 2.73 bits per heavy atom. The quantitative estimate of drug-likeness (QED) is 0.934. The van der Waals surface area contributed by atoms with Crippen molar-refractivity contribution >= 4 is 5.91 Å². The number of nitrogens with zero attached hydrogens (tertiary/aromatic N) is 3. The minimum absolute atomic E-state index is 0.0431. The van der Waals surface area contributed by atoms with E-state index in [9.17, 15) is 4.79 Å². The number of rotatable bonds is 4. The molecular weight excluding hydrogens is 276 g/mol. The highest BCUT2D eigenvalue weighted by Gasteiger charge is 2.31. The molecule has 1 N–H and O–H groups in total. The molecule has 2 aromatic rings. The van der Waals surface area contributed by atoms with Crippen LogP contribution in [0.3, 0.4) is 0 Å². The predicted molar refractivity (Wildman–Crippen MR) is 85.3 cm³/mol. The van der Waals surface area contributed by atoms with Gasteiger partial charge in [-0.3, -0.25) is 14.4 Å². The van der Waals surface area contributed by atoms with Gasteiger partial charge >= 0.3 is 0 Å². The smallest absolute Gasteiger partial charge is 0.269 e. The van der Waals surface area contributed by atoms with Crippen molar-refractivity contribution in [3.05, 3.63) is 53.9 Å². The van der Waals surface area contributed by atoms with Crippen molar-refractivity contribution in [2.45, 2.75) is 19.5 Å². The van der Waals surface area contributed by atoms with Crippen molar-refractivity contribution in [2.24, 2.45) is 13.0 Å². The minimum Gasteiger partial charge on any atom is -0.346 e. The third-order valence-electron chi connectivity index (χ3n) is 4.31. The molecule has 0 bridgehead atoms. The monoisotopic (exact) mass is 298 g/mol. The fourth-order valence-electron chi connectivity index (χ4n) is 3.06. The normalized spacial score (nSPS) is 21.9. The van der Waals surface area contributed by atoms with Gasteiger partial charge in [0, 0.05) is 38.9 Å². The lowest BCUT2D eigenvalue weighted by Crippen LogP contribution is -2.40. The topological polar surface area (TPSA) is 50.2 Å². The Balaban J connectivity index is 1.59. The molecule has 2 heterocycles. The van der Waals surface area contributed by atoms with Crippen molar-refractivity contribution in [1.29, 1.82) is 0 Å². The number of benzene rings is 1. The molecule has 5 nitrogen and oxygen atoms in total. The van der Waals surface area contributed by atoms with Crippen LogP contribution in [-0.4, -0.2) is 39.7 Å². The second-order valence-electron chi connectivity index (χ2n) is 6.08. The number of amides is 1. The Labute approximate surface area is 130 Å². The van der Waals surface area contributed by atoms with Crippen LogP contribution >= 0.6 is 0 Å². The third kappa shape index (κ3) is 3.20. The molecular formula is C17H22N4O. The van der Waals surface area contributed by atoms with E-state index in [0.717, 1.165) is 19.6 Å². The van der Waals surface area contributed by atoms with E-state index in [-0.39, 0.29) is 11.9 Å². The summed E-state index contributed by atoms with van der Waals surface area (Å²) in [6.07, 6.45) is 1.65. The zero-order valence-corrected chi connectivity index (χ0v) is 13.1. The lowest BCUT2D eigenvalue weighted by molar-refractivity contribution is 0.0922. The van der Waals surface area contributed by atoms with E-state index >= 15 is 0 Å². The highest BCUT2D eigenvalue weighted by molar-refractivity contribution is 5.92. The molecule has 22 heavy (non-hydrogen) atoms. The Kier molecular flexibility index (Phi) is 4.24. The molecule has 1 saturated heterocycles.